The standard InChI is InChI=1S/C6H5N3.2H2O/c1-2-4-6-5(3-1)7-9-8-6;;/h1-4H,(H,7,8,9);2*1H2. The highest BCUT2D eigenvalue weighted by Crippen LogP contribution is 2.03. The first-order valence-electron chi connectivity index (χ1n) is 2.72. The molecule has 1 aromatic carbocycles. The minimum Gasteiger partial charge on any atom is -0.412 e. The molecule has 0 fully saturated rings. The third-order valence-corrected chi connectivity index (χ3v) is 1.22. The normalized spacial score (nSPS) is 8.36. The van der Waals surface area contributed by atoms with Crippen LogP contribution in [-0.2, 0) is 0 Å². The molecule has 0 amide bonds. The molecule has 0 saturated heterocycles. The van der Waals surface area contributed by atoms with E-state index < -0.39 is 0 Å². The van der Waals surface area contributed by atoms with E-state index in [0.29, 0.717) is 0 Å². The van der Waals surface area contributed by atoms with Crippen molar-refractivity contribution in [1.82, 2.24) is 15.4 Å². The Hall–Kier alpha value is -1.46. The summed E-state index contributed by atoms with van der Waals surface area (Å²) in [5.74, 6) is 0. The van der Waals surface area contributed by atoms with Crippen LogP contribution < -0.4 is 0 Å². The van der Waals surface area contributed by atoms with Crippen LogP contribution in [0.1, 0.15) is 0 Å². The summed E-state index contributed by atoms with van der Waals surface area (Å²) in [6, 6.07) is 7.70. The van der Waals surface area contributed by atoms with Gasteiger partial charge in [-0.1, -0.05) is 12.1 Å². The first kappa shape index (κ1) is 9.54. The van der Waals surface area contributed by atoms with Gasteiger partial charge in [0.1, 0.15) is 11.0 Å². The molecule has 5 nitrogen and oxygen atoms in total. The third kappa shape index (κ3) is 1.51. The van der Waals surface area contributed by atoms with E-state index in [1.54, 1.807) is 0 Å². The molecule has 0 aliphatic heterocycles. The Morgan fingerprint density at radius 1 is 0.909 bits per heavy atom. The third-order valence-electron chi connectivity index (χ3n) is 1.22. The van der Waals surface area contributed by atoms with Gasteiger partial charge in [-0.05, 0) is 12.1 Å². The van der Waals surface area contributed by atoms with Crippen LogP contribution >= 0.6 is 0 Å². The van der Waals surface area contributed by atoms with Crippen LogP contribution in [0.25, 0.3) is 11.0 Å². The molecular weight excluding hydrogens is 146 g/mol. The lowest BCUT2D eigenvalue weighted by Crippen LogP contribution is -1.63. The lowest BCUT2D eigenvalue weighted by Gasteiger charge is -1.78. The Bertz CT molecular complexity index is 290. The van der Waals surface area contributed by atoms with E-state index in [0.717, 1.165) is 11.0 Å². The van der Waals surface area contributed by atoms with E-state index >= 15 is 0 Å². The molecule has 5 heteroatoms. The molecular formula is C6H9N3O2. The maximum Gasteiger partial charge on any atom is 0.112 e. The molecule has 1 heterocycles. The molecule has 11 heavy (non-hydrogen) atoms. The minimum absolute atomic E-state index is 0. The quantitative estimate of drug-likeness (QED) is 0.543. The Morgan fingerprint density at radius 2 is 1.36 bits per heavy atom. The number of aromatic amines is 1. The molecule has 1 aromatic heterocycles. The summed E-state index contributed by atoms with van der Waals surface area (Å²) in [5, 5.41) is 10.3. The van der Waals surface area contributed by atoms with Crippen LogP contribution in [0.15, 0.2) is 24.3 Å². The molecule has 0 aliphatic rings. The van der Waals surface area contributed by atoms with E-state index in [1.807, 2.05) is 24.3 Å². The summed E-state index contributed by atoms with van der Waals surface area (Å²) in [4.78, 5) is 0. The second-order valence-electron chi connectivity index (χ2n) is 1.81. The highest BCUT2D eigenvalue weighted by molar-refractivity contribution is 5.72. The molecule has 0 atom stereocenters. The van der Waals surface area contributed by atoms with Crippen LogP contribution in [0.2, 0.25) is 0 Å². The number of rotatable bonds is 0. The monoisotopic (exact) mass is 155 g/mol. The fourth-order valence-corrected chi connectivity index (χ4v) is 0.786. The fraction of sp³-hybridized carbons (Fsp3) is 0. The Balaban J connectivity index is 0.000000500. The van der Waals surface area contributed by atoms with Gasteiger partial charge >= 0.3 is 0 Å². The molecule has 0 aliphatic carbocycles. The van der Waals surface area contributed by atoms with Gasteiger partial charge in [-0.25, -0.2) is 0 Å². The second kappa shape index (κ2) is 3.65. The van der Waals surface area contributed by atoms with Crippen molar-refractivity contribution in [2.45, 2.75) is 0 Å². The van der Waals surface area contributed by atoms with Gasteiger partial charge < -0.3 is 11.0 Å². The Labute approximate surface area is 62.7 Å². The van der Waals surface area contributed by atoms with Crippen LogP contribution in [0.3, 0.4) is 0 Å². The number of nitrogens with one attached hydrogen (secondary N) is 1. The van der Waals surface area contributed by atoms with Crippen molar-refractivity contribution >= 4 is 11.0 Å². The smallest absolute Gasteiger partial charge is 0.112 e. The maximum absolute atomic E-state index is 3.88. The van der Waals surface area contributed by atoms with Crippen LogP contribution in [-0.4, -0.2) is 26.4 Å². The van der Waals surface area contributed by atoms with Gasteiger partial charge in [0.2, 0.25) is 0 Å². The van der Waals surface area contributed by atoms with E-state index in [-0.39, 0.29) is 11.0 Å². The van der Waals surface area contributed by atoms with Crippen molar-refractivity contribution in [3.63, 3.8) is 0 Å². The summed E-state index contributed by atoms with van der Waals surface area (Å²) < 4.78 is 0. The Kier molecular flexibility index (Phi) is 3.16. The molecule has 60 valence electrons. The van der Waals surface area contributed by atoms with E-state index in [1.165, 1.54) is 0 Å². The van der Waals surface area contributed by atoms with Gasteiger partial charge in [0.25, 0.3) is 0 Å². The van der Waals surface area contributed by atoms with Gasteiger partial charge in [0, 0.05) is 0 Å². The van der Waals surface area contributed by atoms with Crippen molar-refractivity contribution in [2.24, 2.45) is 0 Å². The molecule has 0 saturated carbocycles. The van der Waals surface area contributed by atoms with Gasteiger partial charge in [-0.3, -0.25) is 0 Å². The number of H-pyrrole nitrogens is 1. The van der Waals surface area contributed by atoms with Crippen LogP contribution in [0.5, 0.6) is 0 Å². The summed E-state index contributed by atoms with van der Waals surface area (Å²) >= 11 is 0. The topological polar surface area (TPSA) is 105 Å². The molecule has 0 radical (unpaired) electrons. The fourth-order valence-electron chi connectivity index (χ4n) is 0.786. The summed E-state index contributed by atoms with van der Waals surface area (Å²) in [7, 11) is 0. The zero-order valence-electron chi connectivity index (χ0n) is 5.70. The summed E-state index contributed by atoms with van der Waals surface area (Å²) in [5.41, 5.74) is 1.83. The largest absolute Gasteiger partial charge is 0.412 e. The highest BCUT2D eigenvalue weighted by Gasteiger charge is 1.90. The van der Waals surface area contributed by atoms with Crippen LogP contribution in [0, 0.1) is 0 Å². The van der Waals surface area contributed by atoms with Crippen molar-refractivity contribution in [3.05, 3.63) is 24.3 Å². The molecule has 0 unspecified atom stereocenters. The van der Waals surface area contributed by atoms with Gasteiger partial charge in [0.05, 0.1) is 0 Å². The first-order valence-corrected chi connectivity index (χ1v) is 2.72. The zero-order valence-corrected chi connectivity index (χ0v) is 5.70. The maximum atomic E-state index is 3.88. The van der Waals surface area contributed by atoms with Crippen LogP contribution in [0.4, 0.5) is 0 Å². The number of hydrogen-bond acceptors (Lipinski definition) is 2. The van der Waals surface area contributed by atoms with Gasteiger partial charge in [-0.2, -0.15) is 15.4 Å². The first-order chi connectivity index (χ1) is 4.47. The van der Waals surface area contributed by atoms with Crippen molar-refractivity contribution in [2.75, 3.05) is 0 Å². The Morgan fingerprint density at radius 3 is 1.82 bits per heavy atom. The molecule has 0 bridgehead atoms. The predicted molar refractivity (Wildman–Crippen MR) is 41.1 cm³/mol. The molecule has 2 rings (SSSR count). The van der Waals surface area contributed by atoms with E-state index in [4.69, 9.17) is 0 Å². The van der Waals surface area contributed by atoms with Crippen molar-refractivity contribution in [3.8, 4) is 0 Å². The summed E-state index contributed by atoms with van der Waals surface area (Å²) in [6.07, 6.45) is 0. The number of nitrogens with zero attached hydrogens (tertiary/aromatic N) is 2. The van der Waals surface area contributed by atoms with Crippen molar-refractivity contribution in [1.29, 1.82) is 0 Å². The molecule has 5 N–H and O–H groups in total. The highest BCUT2D eigenvalue weighted by atomic mass is 16.0. The number of para-hydroxylation sites is 2. The second-order valence-corrected chi connectivity index (χ2v) is 1.81. The lowest BCUT2D eigenvalue weighted by molar-refractivity contribution is 0.823. The van der Waals surface area contributed by atoms with Crippen molar-refractivity contribution < 1.29 is 11.0 Å². The van der Waals surface area contributed by atoms with E-state index in [2.05, 4.69) is 15.4 Å². The zero-order chi connectivity index (χ0) is 6.10. The average Bonchev–Trinajstić information content (AvgIpc) is 2.33. The SMILES string of the molecule is O.O.c1ccc2n[nH]nc2c1. The van der Waals surface area contributed by atoms with Gasteiger partial charge in [-0.15, -0.1) is 0 Å². The number of fused-ring (bicyclic) bond motifs is 1. The van der Waals surface area contributed by atoms with Gasteiger partial charge in [0.15, 0.2) is 0 Å². The summed E-state index contributed by atoms with van der Waals surface area (Å²) in [6.45, 7) is 0. The molecule has 0 spiro atoms. The molecule has 2 aromatic rings. The predicted octanol–water partition coefficient (Wildman–Crippen LogP) is -0.692. The lowest BCUT2D eigenvalue weighted by atomic mass is 10.3. The number of aromatic nitrogens is 3. The number of benzene rings is 1. The van der Waals surface area contributed by atoms with E-state index in [9.17, 15) is 0 Å². The minimum atomic E-state index is 0. The average molecular weight is 155 g/mol. The number of hydrogen-bond donors (Lipinski definition) is 1.